The van der Waals surface area contributed by atoms with E-state index >= 15 is 0 Å². The molecule has 0 aromatic carbocycles. The quantitative estimate of drug-likeness (QED) is 0.732. The number of nitrogens with one attached hydrogen (secondary N) is 2. The molecular formula is C11H16N6. The summed E-state index contributed by atoms with van der Waals surface area (Å²) in [6.07, 6.45) is 6.58. The van der Waals surface area contributed by atoms with Crippen LogP contribution in [0.3, 0.4) is 0 Å². The SMILES string of the molecule is CC1(Nc2nc(N)nc3[nH]ncc23)CCCC1. The van der Waals surface area contributed by atoms with E-state index in [1.807, 2.05) is 0 Å². The fraction of sp³-hybridized carbons (Fsp3) is 0.545. The monoisotopic (exact) mass is 232 g/mol. The van der Waals surface area contributed by atoms with Gasteiger partial charge < -0.3 is 11.1 Å². The van der Waals surface area contributed by atoms with Crippen LogP contribution >= 0.6 is 0 Å². The fourth-order valence-electron chi connectivity index (χ4n) is 2.51. The molecule has 90 valence electrons. The molecule has 2 heterocycles. The van der Waals surface area contributed by atoms with Crippen molar-refractivity contribution in [3.8, 4) is 0 Å². The molecule has 0 amide bonds. The number of anilines is 2. The predicted molar refractivity (Wildman–Crippen MR) is 66.6 cm³/mol. The summed E-state index contributed by atoms with van der Waals surface area (Å²) in [5.41, 5.74) is 6.49. The first-order valence-electron chi connectivity index (χ1n) is 5.91. The van der Waals surface area contributed by atoms with E-state index in [-0.39, 0.29) is 11.5 Å². The number of nitrogens with two attached hydrogens (primary N) is 1. The number of hydrogen-bond acceptors (Lipinski definition) is 5. The second-order valence-corrected chi connectivity index (χ2v) is 4.96. The first kappa shape index (κ1) is 10.3. The molecule has 3 rings (SSSR count). The molecule has 6 nitrogen and oxygen atoms in total. The molecule has 1 fully saturated rings. The van der Waals surface area contributed by atoms with Gasteiger partial charge in [-0.05, 0) is 19.8 Å². The molecule has 1 aliphatic carbocycles. The van der Waals surface area contributed by atoms with Crippen molar-refractivity contribution in [1.29, 1.82) is 0 Å². The number of aromatic amines is 1. The minimum Gasteiger partial charge on any atom is -0.368 e. The normalized spacial score (nSPS) is 18.6. The summed E-state index contributed by atoms with van der Waals surface area (Å²) in [4.78, 5) is 8.38. The van der Waals surface area contributed by atoms with Crippen LogP contribution in [-0.2, 0) is 0 Å². The lowest BCUT2D eigenvalue weighted by atomic mass is 10.0. The highest BCUT2D eigenvalue weighted by molar-refractivity contribution is 5.87. The number of H-pyrrole nitrogens is 1. The van der Waals surface area contributed by atoms with Crippen LogP contribution in [0.4, 0.5) is 11.8 Å². The molecule has 0 saturated heterocycles. The standard InChI is InChI=1S/C11H16N6/c1-11(4-2-3-5-11)16-8-7-6-13-17-9(7)15-10(12)14-8/h6H,2-5H2,1H3,(H4,12,13,14,15,16,17). The maximum Gasteiger partial charge on any atom is 0.224 e. The molecule has 4 N–H and O–H groups in total. The minimum atomic E-state index is 0.116. The number of rotatable bonds is 2. The van der Waals surface area contributed by atoms with Gasteiger partial charge in [0.2, 0.25) is 5.95 Å². The average Bonchev–Trinajstić information content (AvgIpc) is 2.86. The third kappa shape index (κ3) is 1.79. The summed E-state index contributed by atoms with van der Waals surface area (Å²) in [6, 6.07) is 0. The summed E-state index contributed by atoms with van der Waals surface area (Å²) in [7, 11) is 0. The van der Waals surface area contributed by atoms with Crippen molar-refractivity contribution in [2.24, 2.45) is 0 Å². The molecule has 2 aromatic heterocycles. The second-order valence-electron chi connectivity index (χ2n) is 4.96. The predicted octanol–water partition coefficient (Wildman–Crippen LogP) is 1.68. The van der Waals surface area contributed by atoms with Gasteiger partial charge in [-0.15, -0.1) is 0 Å². The van der Waals surface area contributed by atoms with Crippen LogP contribution in [-0.4, -0.2) is 25.7 Å². The molecule has 6 heteroatoms. The van der Waals surface area contributed by atoms with E-state index in [9.17, 15) is 0 Å². The lowest BCUT2D eigenvalue weighted by Crippen LogP contribution is -2.31. The summed E-state index contributed by atoms with van der Waals surface area (Å²) in [6.45, 7) is 2.23. The molecule has 17 heavy (non-hydrogen) atoms. The van der Waals surface area contributed by atoms with Crippen LogP contribution < -0.4 is 11.1 Å². The van der Waals surface area contributed by atoms with Crippen LogP contribution in [0.15, 0.2) is 6.20 Å². The number of aromatic nitrogens is 4. The number of hydrogen-bond donors (Lipinski definition) is 3. The third-order valence-corrected chi connectivity index (χ3v) is 3.45. The van der Waals surface area contributed by atoms with Crippen molar-refractivity contribution in [2.45, 2.75) is 38.1 Å². The van der Waals surface area contributed by atoms with E-state index in [2.05, 4.69) is 32.4 Å². The summed E-state index contributed by atoms with van der Waals surface area (Å²) >= 11 is 0. The Morgan fingerprint density at radius 3 is 2.88 bits per heavy atom. The zero-order valence-corrected chi connectivity index (χ0v) is 9.82. The Morgan fingerprint density at radius 1 is 1.35 bits per heavy atom. The molecular weight excluding hydrogens is 216 g/mol. The van der Waals surface area contributed by atoms with Gasteiger partial charge in [0.05, 0.1) is 11.6 Å². The molecule has 0 unspecified atom stereocenters. The van der Waals surface area contributed by atoms with Gasteiger partial charge in [-0.1, -0.05) is 12.8 Å². The number of nitrogen functional groups attached to an aromatic ring is 1. The van der Waals surface area contributed by atoms with Gasteiger partial charge >= 0.3 is 0 Å². The van der Waals surface area contributed by atoms with Crippen molar-refractivity contribution in [2.75, 3.05) is 11.1 Å². The molecule has 2 aromatic rings. The second kappa shape index (κ2) is 3.58. The van der Waals surface area contributed by atoms with Gasteiger partial charge in [0.15, 0.2) is 5.65 Å². The smallest absolute Gasteiger partial charge is 0.224 e. The highest BCUT2D eigenvalue weighted by Gasteiger charge is 2.29. The van der Waals surface area contributed by atoms with E-state index < -0.39 is 0 Å². The molecule has 0 spiro atoms. The molecule has 0 radical (unpaired) electrons. The van der Waals surface area contributed by atoms with Gasteiger partial charge in [-0.25, -0.2) is 0 Å². The van der Waals surface area contributed by atoms with Crippen LogP contribution in [0.2, 0.25) is 0 Å². The van der Waals surface area contributed by atoms with Crippen LogP contribution in [0.5, 0.6) is 0 Å². The number of nitrogens with zero attached hydrogens (tertiary/aromatic N) is 3. The van der Waals surface area contributed by atoms with Crippen LogP contribution in [0.1, 0.15) is 32.6 Å². The highest BCUT2D eigenvalue weighted by atomic mass is 15.2. The summed E-state index contributed by atoms with van der Waals surface area (Å²) < 4.78 is 0. The van der Waals surface area contributed by atoms with E-state index in [0.717, 1.165) is 24.0 Å². The molecule has 1 saturated carbocycles. The third-order valence-electron chi connectivity index (χ3n) is 3.45. The Labute approximate surface area is 99.0 Å². The van der Waals surface area contributed by atoms with Gasteiger partial charge in [0.1, 0.15) is 5.82 Å². The fourth-order valence-corrected chi connectivity index (χ4v) is 2.51. The topological polar surface area (TPSA) is 92.5 Å². The van der Waals surface area contributed by atoms with E-state index in [1.54, 1.807) is 6.20 Å². The Morgan fingerprint density at radius 2 is 2.12 bits per heavy atom. The van der Waals surface area contributed by atoms with Gasteiger partial charge in [0.25, 0.3) is 0 Å². The van der Waals surface area contributed by atoms with Crippen molar-refractivity contribution in [1.82, 2.24) is 20.2 Å². The minimum absolute atomic E-state index is 0.116. The van der Waals surface area contributed by atoms with Crippen molar-refractivity contribution in [3.05, 3.63) is 6.20 Å². The summed E-state index contributed by atoms with van der Waals surface area (Å²) in [5, 5.41) is 11.2. The molecule has 0 aliphatic heterocycles. The van der Waals surface area contributed by atoms with E-state index in [1.165, 1.54) is 12.8 Å². The molecule has 1 aliphatic rings. The molecule has 0 atom stereocenters. The van der Waals surface area contributed by atoms with E-state index in [0.29, 0.717) is 5.65 Å². The maximum absolute atomic E-state index is 5.69. The summed E-state index contributed by atoms with van der Waals surface area (Å²) in [5.74, 6) is 1.05. The van der Waals surface area contributed by atoms with E-state index in [4.69, 9.17) is 5.73 Å². The first-order valence-corrected chi connectivity index (χ1v) is 5.91. The molecule has 0 bridgehead atoms. The Hall–Kier alpha value is -1.85. The lowest BCUT2D eigenvalue weighted by Gasteiger charge is -2.26. The average molecular weight is 232 g/mol. The number of fused-ring (bicyclic) bond motifs is 1. The van der Waals surface area contributed by atoms with Crippen molar-refractivity contribution < 1.29 is 0 Å². The van der Waals surface area contributed by atoms with Gasteiger partial charge in [-0.3, -0.25) is 5.10 Å². The van der Waals surface area contributed by atoms with Crippen molar-refractivity contribution >= 4 is 22.8 Å². The Balaban J connectivity index is 2.01. The van der Waals surface area contributed by atoms with Crippen LogP contribution in [0, 0.1) is 0 Å². The van der Waals surface area contributed by atoms with Crippen molar-refractivity contribution in [3.63, 3.8) is 0 Å². The zero-order chi connectivity index (χ0) is 11.9. The Kier molecular flexibility index (Phi) is 2.17. The zero-order valence-electron chi connectivity index (χ0n) is 9.82. The first-order chi connectivity index (χ1) is 8.16. The lowest BCUT2D eigenvalue weighted by molar-refractivity contribution is 0.532. The van der Waals surface area contributed by atoms with Gasteiger partial charge in [-0.2, -0.15) is 15.1 Å². The van der Waals surface area contributed by atoms with Crippen LogP contribution in [0.25, 0.3) is 11.0 Å². The maximum atomic E-state index is 5.69. The van der Waals surface area contributed by atoms with Gasteiger partial charge in [0, 0.05) is 5.54 Å². The largest absolute Gasteiger partial charge is 0.368 e. The Bertz CT molecular complexity index is 540. The highest BCUT2D eigenvalue weighted by Crippen LogP contribution is 2.33.